The van der Waals surface area contributed by atoms with E-state index in [4.69, 9.17) is 0 Å². The number of non-ortho nitro benzene ring substituents is 1. The second-order valence-electron chi connectivity index (χ2n) is 4.98. The van der Waals surface area contributed by atoms with E-state index in [9.17, 15) is 19.7 Å². The van der Waals surface area contributed by atoms with Crippen molar-refractivity contribution >= 4 is 23.1 Å². The first kappa shape index (κ1) is 16.4. The maximum absolute atomic E-state index is 12.6. The smallest absolute Gasteiger partial charge is 0.271 e. The zero-order valence-corrected chi connectivity index (χ0v) is 12.6. The number of carbonyl (C=O) groups is 2. The van der Waals surface area contributed by atoms with Crippen LogP contribution in [-0.4, -0.2) is 16.6 Å². The molecule has 0 aromatic heterocycles. The summed E-state index contributed by atoms with van der Waals surface area (Å²) >= 11 is 0. The van der Waals surface area contributed by atoms with Crippen LogP contribution in [0.3, 0.4) is 0 Å². The summed E-state index contributed by atoms with van der Waals surface area (Å²) in [5.41, 5.74) is 0.659. The van der Waals surface area contributed by atoms with Crippen LogP contribution >= 0.6 is 0 Å². The van der Waals surface area contributed by atoms with Gasteiger partial charge in [-0.3, -0.25) is 19.7 Å². The van der Waals surface area contributed by atoms with Gasteiger partial charge in [0.1, 0.15) is 0 Å². The highest BCUT2D eigenvalue weighted by Gasteiger charge is 2.18. The topological polar surface area (TPSA) is 89.3 Å². The standard InChI is InChI=1S/C17H16N2O4/c1-2-6-16(20)18-15-11-13(19(22)23)9-10-14(15)17(21)12-7-4-3-5-8-12/h3-5,7-11H,2,6H2,1H3,(H,18,20). The van der Waals surface area contributed by atoms with E-state index in [1.54, 1.807) is 30.3 Å². The molecule has 2 rings (SSSR count). The fourth-order valence-electron chi connectivity index (χ4n) is 2.13. The lowest BCUT2D eigenvalue weighted by molar-refractivity contribution is -0.384. The molecule has 0 radical (unpaired) electrons. The van der Waals surface area contributed by atoms with Gasteiger partial charge in [-0.2, -0.15) is 0 Å². The van der Waals surface area contributed by atoms with Gasteiger partial charge in [-0.15, -0.1) is 0 Å². The van der Waals surface area contributed by atoms with Gasteiger partial charge in [0.15, 0.2) is 5.78 Å². The number of nitrogens with one attached hydrogen (secondary N) is 1. The van der Waals surface area contributed by atoms with Crippen molar-refractivity contribution in [3.63, 3.8) is 0 Å². The molecule has 6 nitrogen and oxygen atoms in total. The number of carbonyl (C=O) groups excluding carboxylic acids is 2. The second kappa shape index (κ2) is 7.31. The van der Waals surface area contributed by atoms with Gasteiger partial charge in [-0.1, -0.05) is 37.3 Å². The van der Waals surface area contributed by atoms with Gasteiger partial charge in [-0.05, 0) is 12.5 Å². The van der Waals surface area contributed by atoms with Gasteiger partial charge < -0.3 is 5.32 Å². The molecule has 0 aliphatic rings. The van der Waals surface area contributed by atoms with Gasteiger partial charge in [-0.25, -0.2) is 0 Å². The minimum absolute atomic E-state index is 0.159. The Balaban J connectivity index is 2.43. The number of nitro benzene ring substituents is 1. The van der Waals surface area contributed by atoms with Crippen molar-refractivity contribution in [2.75, 3.05) is 5.32 Å². The van der Waals surface area contributed by atoms with E-state index in [0.29, 0.717) is 12.0 Å². The Morgan fingerprint density at radius 2 is 1.83 bits per heavy atom. The highest BCUT2D eigenvalue weighted by Crippen LogP contribution is 2.25. The van der Waals surface area contributed by atoms with Gasteiger partial charge >= 0.3 is 0 Å². The molecule has 6 heteroatoms. The number of hydrogen-bond donors (Lipinski definition) is 1. The molecule has 0 unspecified atom stereocenters. The summed E-state index contributed by atoms with van der Waals surface area (Å²) in [5.74, 6) is -0.581. The first-order chi connectivity index (χ1) is 11.0. The molecule has 118 valence electrons. The molecule has 2 aromatic carbocycles. The fraction of sp³-hybridized carbons (Fsp3) is 0.176. The van der Waals surface area contributed by atoms with E-state index in [-0.39, 0.29) is 35.0 Å². The Kier molecular flexibility index (Phi) is 5.19. The van der Waals surface area contributed by atoms with Crippen LogP contribution in [0.15, 0.2) is 48.5 Å². The third-order valence-electron chi connectivity index (χ3n) is 3.25. The summed E-state index contributed by atoms with van der Waals surface area (Å²) in [7, 11) is 0. The summed E-state index contributed by atoms with van der Waals surface area (Å²) in [5, 5.41) is 13.5. The Morgan fingerprint density at radius 3 is 2.43 bits per heavy atom. The highest BCUT2D eigenvalue weighted by atomic mass is 16.6. The normalized spacial score (nSPS) is 10.1. The number of ketones is 1. The largest absolute Gasteiger partial charge is 0.325 e. The maximum atomic E-state index is 12.6. The van der Waals surface area contributed by atoms with Crippen LogP contribution in [0.2, 0.25) is 0 Å². The van der Waals surface area contributed by atoms with Gasteiger partial charge in [0.25, 0.3) is 5.69 Å². The number of nitro groups is 1. The van der Waals surface area contributed by atoms with E-state index >= 15 is 0 Å². The molecular weight excluding hydrogens is 296 g/mol. The number of rotatable bonds is 6. The summed E-state index contributed by atoms with van der Waals surface area (Å²) in [6, 6.07) is 12.4. The molecule has 0 aliphatic heterocycles. The summed E-state index contributed by atoms with van der Waals surface area (Å²) in [6.07, 6.45) is 0.921. The molecule has 0 atom stereocenters. The Hall–Kier alpha value is -3.02. The van der Waals surface area contributed by atoms with Crippen LogP contribution in [0.25, 0.3) is 0 Å². The summed E-state index contributed by atoms with van der Waals surface area (Å²) < 4.78 is 0. The van der Waals surface area contributed by atoms with Crippen LogP contribution in [0.1, 0.15) is 35.7 Å². The molecule has 0 spiro atoms. The van der Waals surface area contributed by atoms with Crippen LogP contribution in [0.5, 0.6) is 0 Å². The summed E-state index contributed by atoms with van der Waals surface area (Å²) in [6.45, 7) is 1.85. The van der Waals surface area contributed by atoms with Gasteiger partial charge in [0.05, 0.1) is 10.6 Å². The van der Waals surface area contributed by atoms with Crippen molar-refractivity contribution in [1.82, 2.24) is 0 Å². The van der Waals surface area contributed by atoms with Gasteiger partial charge in [0, 0.05) is 29.7 Å². The van der Waals surface area contributed by atoms with Crippen LogP contribution in [-0.2, 0) is 4.79 Å². The maximum Gasteiger partial charge on any atom is 0.271 e. The SMILES string of the molecule is CCCC(=O)Nc1cc([N+](=O)[O-])ccc1C(=O)c1ccccc1. The number of nitrogens with zero attached hydrogens (tertiary/aromatic N) is 1. The number of benzene rings is 2. The average molecular weight is 312 g/mol. The third-order valence-corrected chi connectivity index (χ3v) is 3.25. The molecule has 23 heavy (non-hydrogen) atoms. The van der Waals surface area contributed by atoms with Crippen molar-refractivity contribution in [3.8, 4) is 0 Å². The van der Waals surface area contributed by atoms with Crippen LogP contribution < -0.4 is 5.32 Å². The monoisotopic (exact) mass is 312 g/mol. The van der Waals surface area contributed by atoms with Crippen molar-refractivity contribution in [2.45, 2.75) is 19.8 Å². The quantitative estimate of drug-likeness (QED) is 0.501. The first-order valence-electron chi connectivity index (χ1n) is 7.21. The Labute approximate surface area is 133 Å². The lowest BCUT2D eigenvalue weighted by Gasteiger charge is -2.10. The number of amides is 1. The zero-order chi connectivity index (χ0) is 16.8. The van der Waals surface area contributed by atoms with Crippen molar-refractivity contribution < 1.29 is 14.5 Å². The van der Waals surface area contributed by atoms with E-state index in [1.807, 2.05) is 6.92 Å². The first-order valence-corrected chi connectivity index (χ1v) is 7.21. The average Bonchev–Trinajstić information content (AvgIpc) is 2.55. The van der Waals surface area contributed by atoms with Crippen LogP contribution in [0, 0.1) is 10.1 Å². The minimum atomic E-state index is -0.563. The minimum Gasteiger partial charge on any atom is -0.325 e. The lowest BCUT2D eigenvalue weighted by atomic mass is 10.0. The summed E-state index contributed by atoms with van der Waals surface area (Å²) in [4.78, 5) is 34.7. The highest BCUT2D eigenvalue weighted by molar-refractivity contribution is 6.14. The fourth-order valence-corrected chi connectivity index (χ4v) is 2.13. The van der Waals surface area contributed by atoms with Crippen molar-refractivity contribution in [1.29, 1.82) is 0 Å². The molecule has 1 N–H and O–H groups in total. The molecule has 0 saturated carbocycles. The molecule has 0 aliphatic carbocycles. The predicted molar refractivity (Wildman–Crippen MR) is 86.5 cm³/mol. The van der Waals surface area contributed by atoms with E-state index in [1.165, 1.54) is 18.2 Å². The molecule has 2 aromatic rings. The molecule has 0 bridgehead atoms. The van der Waals surface area contributed by atoms with E-state index in [2.05, 4.69) is 5.32 Å². The van der Waals surface area contributed by atoms with E-state index in [0.717, 1.165) is 0 Å². The third kappa shape index (κ3) is 4.00. The Morgan fingerprint density at radius 1 is 1.13 bits per heavy atom. The lowest BCUT2D eigenvalue weighted by Crippen LogP contribution is -2.14. The number of anilines is 1. The predicted octanol–water partition coefficient (Wildman–Crippen LogP) is 3.56. The molecular formula is C17H16N2O4. The van der Waals surface area contributed by atoms with Gasteiger partial charge in [0.2, 0.25) is 5.91 Å². The molecule has 0 saturated heterocycles. The molecule has 1 amide bonds. The van der Waals surface area contributed by atoms with Crippen molar-refractivity contribution in [3.05, 3.63) is 69.8 Å². The molecule has 0 heterocycles. The second-order valence-corrected chi connectivity index (χ2v) is 4.98. The van der Waals surface area contributed by atoms with Crippen LogP contribution in [0.4, 0.5) is 11.4 Å². The van der Waals surface area contributed by atoms with E-state index < -0.39 is 4.92 Å². The Bertz CT molecular complexity index is 742. The number of hydrogen-bond acceptors (Lipinski definition) is 4. The molecule has 0 fully saturated rings. The zero-order valence-electron chi connectivity index (χ0n) is 12.6. The van der Waals surface area contributed by atoms with Crippen molar-refractivity contribution in [2.24, 2.45) is 0 Å².